The van der Waals surface area contributed by atoms with Gasteiger partial charge in [-0.3, -0.25) is 0 Å². The summed E-state index contributed by atoms with van der Waals surface area (Å²) >= 11 is 0. The Labute approximate surface area is 113 Å². The molecule has 1 N–H and O–H groups in total. The van der Waals surface area contributed by atoms with E-state index in [0.717, 1.165) is 6.54 Å². The monoisotopic (exact) mass is 267 g/mol. The first kappa shape index (κ1) is 14.2. The summed E-state index contributed by atoms with van der Waals surface area (Å²) < 4.78 is 13.1. The van der Waals surface area contributed by atoms with E-state index in [1.807, 2.05) is 11.9 Å². The van der Waals surface area contributed by atoms with E-state index in [1.54, 1.807) is 0 Å². The average molecular weight is 267 g/mol. The zero-order valence-electron chi connectivity index (χ0n) is 11.9. The Morgan fingerprint density at radius 3 is 2.53 bits per heavy atom. The maximum absolute atomic E-state index is 13.1. The van der Waals surface area contributed by atoms with Crippen LogP contribution < -0.4 is 4.90 Å². The number of anilines is 1. The number of likely N-dealkylation sites (N-methyl/N-ethyl adjacent to an activating group) is 2. The summed E-state index contributed by atoms with van der Waals surface area (Å²) in [5, 5.41) is 9.33. The highest BCUT2D eigenvalue weighted by Crippen LogP contribution is 2.37. The van der Waals surface area contributed by atoms with Gasteiger partial charge in [-0.1, -0.05) is 0 Å². The molecule has 1 fully saturated rings. The molecule has 1 heterocycles. The minimum atomic E-state index is -0.410. The van der Waals surface area contributed by atoms with E-state index in [4.69, 9.17) is 0 Å². The van der Waals surface area contributed by atoms with Gasteiger partial charge in [0.15, 0.2) is 0 Å². The normalized spacial score (nSPS) is 17.4. The number of hydrogen-bond donors (Lipinski definition) is 1. The van der Waals surface area contributed by atoms with E-state index in [-0.39, 0.29) is 12.1 Å². The summed E-state index contributed by atoms with van der Waals surface area (Å²) in [5.74, 6) is 0.254. The van der Waals surface area contributed by atoms with Crippen molar-refractivity contribution in [2.45, 2.75) is 31.4 Å². The number of pyridine rings is 1. The van der Waals surface area contributed by atoms with Crippen LogP contribution in [0.5, 0.6) is 0 Å². The van der Waals surface area contributed by atoms with Crippen molar-refractivity contribution < 1.29 is 9.50 Å². The number of halogens is 1. The van der Waals surface area contributed by atoms with Crippen molar-refractivity contribution in [2.24, 2.45) is 0 Å². The van der Waals surface area contributed by atoms with Gasteiger partial charge in [0, 0.05) is 24.7 Å². The molecular formula is C14H22FN3O. The third-order valence-electron chi connectivity index (χ3n) is 4.21. The first-order chi connectivity index (χ1) is 8.98. The van der Waals surface area contributed by atoms with E-state index in [9.17, 15) is 9.50 Å². The van der Waals surface area contributed by atoms with Crippen LogP contribution in [-0.2, 0) is 6.61 Å². The summed E-state index contributed by atoms with van der Waals surface area (Å²) in [7, 11) is 6.14. The minimum absolute atomic E-state index is 0.178. The molecular weight excluding hydrogens is 245 g/mol. The highest BCUT2D eigenvalue weighted by atomic mass is 19.1. The lowest BCUT2D eigenvalue weighted by atomic mass is 9.75. The van der Waals surface area contributed by atoms with Gasteiger partial charge in [-0.2, -0.15) is 0 Å². The molecule has 0 atom stereocenters. The van der Waals surface area contributed by atoms with Gasteiger partial charge in [0.2, 0.25) is 0 Å². The van der Waals surface area contributed by atoms with Gasteiger partial charge in [-0.15, -0.1) is 0 Å². The predicted octanol–water partition coefficient (Wildman–Crippen LogP) is 1.63. The molecule has 4 nitrogen and oxygen atoms in total. The van der Waals surface area contributed by atoms with Crippen LogP contribution in [0.2, 0.25) is 0 Å². The van der Waals surface area contributed by atoms with Gasteiger partial charge in [0.05, 0.1) is 12.8 Å². The molecule has 1 aliphatic carbocycles. The first-order valence-corrected chi connectivity index (χ1v) is 6.62. The third-order valence-corrected chi connectivity index (χ3v) is 4.21. The maximum Gasteiger partial charge on any atom is 0.142 e. The Bertz CT molecular complexity index is 446. The van der Waals surface area contributed by atoms with Crippen molar-refractivity contribution in [3.63, 3.8) is 0 Å². The lowest BCUT2D eigenvalue weighted by molar-refractivity contribution is 0.0681. The van der Waals surface area contributed by atoms with Crippen LogP contribution in [0.25, 0.3) is 0 Å². The van der Waals surface area contributed by atoms with Crippen molar-refractivity contribution in [1.29, 1.82) is 0 Å². The van der Waals surface area contributed by atoms with E-state index >= 15 is 0 Å². The van der Waals surface area contributed by atoms with Gasteiger partial charge in [-0.05, 0) is 39.4 Å². The molecule has 1 aliphatic rings. The lowest BCUT2D eigenvalue weighted by Gasteiger charge is -2.49. The molecule has 0 saturated heterocycles. The van der Waals surface area contributed by atoms with Crippen LogP contribution in [0.15, 0.2) is 12.3 Å². The Kier molecular flexibility index (Phi) is 4.06. The predicted molar refractivity (Wildman–Crippen MR) is 73.7 cm³/mol. The number of aromatic nitrogens is 1. The number of rotatable bonds is 5. The summed E-state index contributed by atoms with van der Waals surface area (Å²) in [4.78, 5) is 8.40. The van der Waals surface area contributed by atoms with Gasteiger partial charge in [0.25, 0.3) is 0 Å². The summed E-state index contributed by atoms with van der Waals surface area (Å²) in [6, 6.07) is 1.35. The molecule has 0 aliphatic heterocycles. The fourth-order valence-corrected chi connectivity index (χ4v) is 2.78. The van der Waals surface area contributed by atoms with Gasteiger partial charge >= 0.3 is 0 Å². The zero-order valence-corrected chi connectivity index (χ0v) is 11.9. The minimum Gasteiger partial charge on any atom is -0.392 e. The molecule has 0 amide bonds. The molecule has 5 heteroatoms. The molecule has 2 rings (SSSR count). The van der Waals surface area contributed by atoms with E-state index < -0.39 is 5.82 Å². The third kappa shape index (κ3) is 2.72. The van der Waals surface area contributed by atoms with Crippen LogP contribution >= 0.6 is 0 Å². The number of aliphatic hydroxyl groups is 1. The van der Waals surface area contributed by atoms with Crippen LogP contribution in [0.1, 0.15) is 24.8 Å². The van der Waals surface area contributed by atoms with Crippen molar-refractivity contribution >= 4 is 5.82 Å². The Morgan fingerprint density at radius 1 is 1.37 bits per heavy atom. The number of nitrogens with zero attached hydrogens (tertiary/aromatic N) is 3. The van der Waals surface area contributed by atoms with Crippen molar-refractivity contribution in [3.05, 3.63) is 23.6 Å². The molecule has 0 aromatic carbocycles. The summed E-state index contributed by atoms with van der Waals surface area (Å²) in [6.07, 6.45) is 4.78. The number of aliphatic hydroxyl groups excluding tert-OH is 1. The van der Waals surface area contributed by atoms with Crippen molar-refractivity contribution in [3.8, 4) is 0 Å². The van der Waals surface area contributed by atoms with Gasteiger partial charge in [0.1, 0.15) is 11.6 Å². The van der Waals surface area contributed by atoms with Gasteiger partial charge in [-0.25, -0.2) is 9.37 Å². The van der Waals surface area contributed by atoms with E-state index in [2.05, 4.69) is 24.0 Å². The fraction of sp³-hybridized carbons (Fsp3) is 0.643. The molecule has 1 aromatic heterocycles. The molecule has 0 unspecified atom stereocenters. The summed E-state index contributed by atoms with van der Waals surface area (Å²) in [6.45, 7) is 0.644. The van der Waals surface area contributed by atoms with Crippen molar-refractivity contribution in [2.75, 3.05) is 32.6 Å². The second-order valence-electron chi connectivity index (χ2n) is 5.62. The van der Waals surface area contributed by atoms with E-state index in [0.29, 0.717) is 11.4 Å². The second-order valence-corrected chi connectivity index (χ2v) is 5.62. The SMILES string of the molecule is CN(CC1(N(C)C)CCC1)c1ncc(F)cc1CO. The molecule has 1 saturated carbocycles. The fourth-order valence-electron chi connectivity index (χ4n) is 2.78. The first-order valence-electron chi connectivity index (χ1n) is 6.62. The second kappa shape index (κ2) is 5.43. The zero-order chi connectivity index (χ0) is 14.0. The van der Waals surface area contributed by atoms with Crippen LogP contribution in [0, 0.1) is 5.82 Å². The Hall–Kier alpha value is -1.20. The largest absolute Gasteiger partial charge is 0.392 e. The quantitative estimate of drug-likeness (QED) is 0.880. The molecule has 1 aromatic rings. The lowest BCUT2D eigenvalue weighted by Crippen LogP contribution is -2.57. The Morgan fingerprint density at radius 2 is 2.05 bits per heavy atom. The topological polar surface area (TPSA) is 39.6 Å². The van der Waals surface area contributed by atoms with E-state index in [1.165, 1.54) is 31.5 Å². The molecule has 19 heavy (non-hydrogen) atoms. The molecule has 0 bridgehead atoms. The molecule has 0 spiro atoms. The highest BCUT2D eigenvalue weighted by molar-refractivity contribution is 5.46. The molecule has 0 radical (unpaired) electrons. The smallest absolute Gasteiger partial charge is 0.142 e. The van der Waals surface area contributed by atoms with Crippen molar-refractivity contribution in [1.82, 2.24) is 9.88 Å². The average Bonchev–Trinajstić information content (AvgIpc) is 2.32. The maximum atomic E-state index is 13.1. The highest BCUT2D eigenvalue weighted by Gasteiger charge is 2.40. The summed E-state index contributed by atoms with van der Waals surface area (Å²) in [5.41, 5.74) is 0.716. The standard InChI is InChI=1S/C14H22FN3O/c1-17(2)14(5-4-6-14)10-18(3)13-11(9-19)7-12(15)8-16-13/h7-8,19H,4-6,9-10H2,1-3H3. The van der Waals surface area contributed by atoms with Crippen LogP contribution in [-0.4, -0.2) is 48.2 Å². The number of hydrogen-bond acceptors (Lipinski definition) is 4. The van der Waals surface area contributed by atoms with Crippen LogP contribution in [0.3, 0.4) is 0 Å². The van der Waals surface area contributed by atoms with Gasteiger partial charge < -0.3 is 14.9 Å². The Balaban J connectivity index is 2.18. The molecule has 106 valence electrons. The van der Waals surface area contributed by atoms with Crippen LogP contribution in [0.4, 0.5) is 10.2 Å².